The lowest BCUT2D eigenvalue weighted by molar-refractivity contribution is 0.584. The molecule has 0 radical (unpaired) electrons. The molecule has 3 rings (SSSR count). The minimum absolute atomic E-state index is 0.165. The number of hydrogen-bond donors (Lipinski definition) is 1. The van der Waals surface area contributed by atoms with Crippen molar-refractivity contribution >= 4 is 15.7 Å². The molecule has 1 N–H and O–H groups in total. The minimum Gasteiger partial charge on any atom is -0.200 e. The van der Waals surface area contributed by atoms with Gasteiger partial charge in [-0.2, -0.15) is 18.4 Å². The van der Waals surface area contributed by atoms with E-state index in [1.165, 1.54) is 12.1 Å². The van der Waals surface area contributed by atoms with E-state index in [0.29, 0.717) is 5.71 Å². The summed E-state index contributed by atoms with van der Waals surface area (Å²) in [5, 5.41) is 4.07. The van der Waals surface area contributed by atoms with E-state index in [0.717, 1.165) is 16.7 Å². The van der Waals surface area contributed by atoms with Gasteiger partial charge in [-0.15, -0.1) is 0 Å². The molecular weight excluding hydrogens is 356 g/mol. The number of hydrazone groups is 1. The summed E-state index contributed by atoms with van der Waals surface area (Å²) in [6, 6.07) is 25.3. The Morgan fingerprint density at radius 2 is 1.41 bits per heavy atom. The molecule has 0 atom stereocenters. The first-order valence-electron chi connectivity index (χ1n) is 8.34. The van der Waals surface area contributed by atoms with Crippen molar-refractivity contribution in [2.75, 3.05) is 0 Å². The molecule has 0 fully saturated rings. The van der Waals surface area contributed by atoms with Crippen molar-refractivity contribution in [1.29, 1.82) is 0 Å². The summed E-state index contributed by atoms with van der Waals surface area (Å²) in [6.07, 6.45) is 0. The van der Waals surface area contributed by atoms with Gasteiger partial charge in [-0.25, -0.2) is 0 Å². The van der Waals surface area contributed by atoms with E-state index in [1.54, 1.807) is 25.1 Å². The van der Waals surface area contributed by atoms with Crippen LogP contribution in [0.4, 0.5) is 0 Å². The van der Waals surface area contributed by atoms with Crippen molar-refractivity contribution in [2.24, 2.45) is 5.10 Å². The summed E-state index contributed by atoms with van der Waals surface area (Å²) < 4.78 is 24.6. The van der Waals surface area contributed by atoms with Crippen LogP contribution in [0.3, 0.4) is 0 Å². The maximum absolute atomic E-state index is 12.3. The van der Waals surface area contributed by atoms with Gasteiger partial charge in [0.2, 0.25) is 0 Å². The molecule has 0 amide bonds. The molecule has 0 spiro atoms. The van der Waals surface area contributed by atoms with Crippen LogP contribution in [0.25, 0.3) is 0 Å². The van der Waals surface area contributed by atoms with Gasteiger partial charge >= 0.3 is 0 Å². The van der Waals surface area contributed by atoms with Crippen LogP contribution in [0.1, 0.15) is 23.6 Å². The maximum atomic E-state index is 12.3. The third kappa shape index (κ3) is 4.84. The van der Waals surface area contributed by atoms with E-state index in [-0.39, 0.29) is 4.90 Å². The summed E-state index contributed by atoms with van der Waals surface area (Å²) in [5.41, 5.74) is 3.00. The molecule has 0 saturated heterocycles. The molecule has 3 aromatic carbocycles. The molecule has 27 heavy (non-hydrogen) atoms. The molecule has 0 saturated carbocycles. The Morgan fingerprint density at radius 3 is 2.11 bits per heavy atom. The van der Waals surface area contributed by atoms with Crippen molar-refractivity contribution in [2.45, 2.75) is 11.8 Å². The number of sulfonamides is 1. The molecular formula is C22H18N2O2S. The molecule has 0 bridgehead atoms. The second kappa shape index (κ2) is 8.35. The fraction of sp³-hybridized carbons (Fsp3) is 0.0455. The lowest BCUT2D eigenvalue weighted by atomic mass is 10.0. The largest absolute Gasteiger partial charge is 0.276 e. The van der Waals surface area contributed by atoms with Gasteiger partial charge in [-0.3, -0.25) is 0 Å². The number of nitrogens with one attached hydrogen (secondary N) is 1. The fourth-order valence-electron chi connectivity index (χ4n) is 2.41. The zero-order chi connectivity index (χ0) is 19.1. The first kappa shape index (κ1) is 18.4. The highest BCUT2D eigenvalue weighted by Gasteiger charge is 2.12. The zero-order valence-electron chi connectivity index (χ0n) is 14.8. The highest BCUT2D eigenvalue weighted by atomic mass is 32.2. The highest BCUT2D eigenvalue weighted by Crippen LogP contribution is 2.11. The third-order valence-corrected chi connectivity index (χ3v) is 5.04. The Labute approximate surface area is 159 Å². The van der Waals surface area contributed by atoms with Gasteiger partial charge in [0.05, 0.1) is 10.6 Å². The van der Waals surface area contributed by atoms with Crippen molar-refractivity contribution in [3.63, 3.8) is 0 Å². The molecule has 3 aromatic rings. The van der Waals surface area contributed by atoms with E-state index in [2.05, 4.69) is 21.8 Å². The van der Waals surface area contributed by atoms with Gasteiger partial charge < -0.3 is 0 Å². The van der Waals surface area contributed by atoms with E-state index >= 15 is 0 Å². The first-order chi connectivity index (χ1) is 13.1. The SMILES string of the molecule is C/C(=N\NS(=O)(=O)c1ccccc1)c1ccccc1C#Cc1ccccc1. The predicted molar refractivity (Wildman–Crippen MR) is 108 cm³/mol. The Hall–Kier alpha value is -3.36. The van der Waals surface area contributed by atoms with E-state index in [4.69, 9.17) is 0 Å². The van der Waals surface area contributed by atoms with E-state index in [1.807, 2.05) is 54.6 Å². The average molecular weight is 374 g/mol. The van der Waals surface area contributed by atoms with Crippen LogP contribution in [-0.4, -0.2) is 14.1 Å². The average Bonchev–Trinajstić information content (AvgIpc) is 2.72. The lowest BCUT2D eigenvalue weighted by Gasteiger charge is -2.07. The zero-order valence-corrected chi connectivity index (χ0v) is 15.6. The second-order valence-corrected chi connectivity index (χ2v) is 7.43. The number of benzene rings is 3. The molecule has 0 unspecified atom stereocenters. The number of nitrogens with zero attached hydrogens (tertiary/aromatic N) is 1. The van der Waals surface area contributed by atoms with Crippen molar-refractivity contribution < 1.29 is 8.42 Å². The quantitative estimate of drug-likeness (QED) is 0.429. The van der Waals surface area contributed by atoms with E-state index < -0.39 is 10.0 Å². The van der Waals surface area contributed by atoms with Crippen LogP contribution in [0.15, 0.2) is 94.9 Å². The Kier molecular flexibility index (Phi) is 5.70. The molecule has 4 nitrogen and oxygen atoms in total. The van der Waals surface area contributed by atoms with Crippen LogP contribution in [-0.2, 0) is 10.0 Å². The predicted octanol–water partition coefficient (Wildman–Crippen LogP) is 3.79. The highest BCUT2D eigenvalue weighted by molar-refractivity contribution is 7.89. The van der Waals surface area contributed by atoms with Crippen molar-refractivity contribution in [1.82, 2.24) is 4.83 Å². The summed E-state index contributed by atoms with van der Waals surface area (Å²) in [7, 11) is -3.70. The second-order valence-electron chi connectivity index (χ2n) is 5.77. The molecule has 5 heteroatoms. The summed E-state index contributed by atoms with van der Waals surface area (Å²) in [6.45, 7) is 1.75. The van der Waals surface area contributed by atoms with Crippen LogP contribution >= 0.6 is 0 Å². The molecule has 0 aliphatic heterocycles. The molecule has 0 heterocycles. The summed E-state index contributed by atoms with van der Waals surface area (Å²) in [4.78, 5) is 2.45. The summed E-state index contributed by atoms with van der Waals surface area (Å²) in [5.74, 6) is 6.24. The molecule has 0 aromatic heterocycles. The standard InChI is InChI=1S/C22H18N2O2S/c1-18(23-24-27(25,26)21-13-6-3-7-14-21)22-15-9-8-12-20(22)17-16-19-10-4-2-5-11-19/h2-15,24H,1H3/b23-18+. The smallest absolute Gasteiger partial charge is 0.200 e. The van der Waals surface area contributed by atoms with Gasteiger partial charge in [-0.05, 0) is 37.3 Å². The van der Waals surface area contributed by atoms with Gasteiger partial charge in [0.15, 0.2) is 0 Å². The van der Waals surface area contributed by atoms with Gasteiger partial charge in [0.25, 0.3) is 10.0 Å². The monoisotopic (exact) mass is 374 g/mol. The number of rotatable bonds is 4. The van der Waals surface area contributed by atoms with Gasteiger partial charge in [0.1, 0.15) is 0 Å². The fourth-order valence-corrected chi connectivity index (χ4v) is 3.29. The summed E-state index contributed by atoms with van der Waals surface area (Å²) >= 11 is 0. The molecule has 134 valence electrons. The minimum atomic E-state index is -3.70. The molecule has 0 aliphatic rings. The van der Waals surface area contributed by atoms with Gasteiger partial charge in [-0.1, -0.05) is 66.4 Å². The van der Waals surface area contributed by atoms with Crippen molar-refractivity contribution in [3.8, 4) is 11.8 Å². The van der Waals surface area contributed by atoms with Crippen LogP contribution in [0.5, 0.6) is 0 Å². The van der Waals surface area contributed by atoms with Crippen LogP contribution in [0, 0.1) is 11.8 Å². The third-order valence-electron chi connectivity index (χ3n) is 3.82. The van der Waals surface area contributed by atoms with Crippen LogP contribution in [0.2, 0.25) is 0 Å². The van der Waals surface area contributed by atoms with E-state index in [9.17, 15) is 8.42 Å². The first-order valence-corrected chi connectivity index (χ1v) is 9.82. The maximum Gasteiger partial charge on any atom is 0.276 e. The Morgan fingerprint density at radius 1 is 0.815 bits per heavy atom. The Balaban J connectivity index is 1.86. The van der Waals surface area contributed by atoms with Crippen molar-refractivity contribution in [3.05, 3.63) is 102 Å². The Bertz CT molecular complexity index is 1110. The van der Waals surface area contributed by atoms with Gasteiger partial charge in [0, 0.05) is 16.7 Å². The van der Waals surface area contributed by atoms with Crippen LogP contribution < -0.4 is 4.83 Å². The molecule has 0 aliphatic carbocycles. The number of hydrogen-bond acceptors (Lipinski definition) is 3. The topological polar surface area (TPSA) is 58.5 Å². The lowest BCUT2D eigenvalue weighted by Crippen LogP contribution is -2.20. The normalized spacial score (nSPS) is 11.4.